The highest BCUT2D eigenvalue weighted by molar-refractivity contribution is 7.94. The van der Waals surface area contributed by atoms with E-state index < -0.39 is 0 Å². The molecule has 16 heavy (non-hydrogen) atoms. The topological polar surface area (TPSA) is 73.4 Å². The number of piperidine rings is 1. The van der Waals surface area contributed by atoms with E-state index in [1.165, 1.54) is 0 Å². The molecule has 92 valence electrons. The first-order chi connectivity index (χ1) is 7.79. The Morgan fingerprint density at radius 1 is 1.38 bits per heavy atom. The maximum atomic E-state index is 11.9. The lowest BCUT2D eigenvalue weighted by Gasteiger charge is -2.25. The van der Waals surface area contributed by atoms with Gasteiger partial charge in [-0.05, 0) is 44.4 Å². The molecule has 4 N–H and O–H groups in total. The third-order valence-electron chi connectivity index (χ3n) is 3.24. The molecule has 2 fully saturated rings. The van der Waals surface area contributed by atoms with E-state index in [2.05, 4.69) is 16.0 Å². The Morgan fingerprint density at radius 3 is 2.75 bits per heavy atom. The van der Waals surface area contributed by atoms with Gasteiger partial charge in [-0.15, -0.1) is 0 Å². The molecule has 5 nitrogen and oxygen atoms in total. The highest BCUT2D eigenvalue weighted by Crippen LogP contribution is 2.18. The Bertz CT molecular complexity index is 246. The zero-order valence-corrected chi connectivity index (χ0v) is 10.1. The van der Waals surface area contributed by atoms with Crippen LogP contribution < -0.4 is 16.0 Å². The second kappa shape index (κ2) is 5.86. The quantitative estimate of drug-likeness (QED) is 0.518. The summed E-state index contributed by atoms with van der Waals surface area (Å²) in [7, 11) is 0. The lowest BCUT2D eigenvalue weighted by molar-refractivity contribution is -0.123. The fourth-order valence-electron chi connectivity index (χ4n) is 2.25. The lowest BCUT2D eigenvalue weighted by Crippen LogP contribution is -2.48. The number of amides is 1. The summed E-state index contributed by atoms with van der Waals surface area (Å²) in [5.41, 5.74) is 0. The minimum absolute atomic E-state index is 0.0865. The molecule has 0 aliphatic carbocycles. The van der Waals surface area contributed by atoms with Crippen LogP contribution >= 0.6 is 12.0 Å². The Labute approximate surface area is 99.9 Å². The molecular weight excluding hydrogens is 226 g/mol. The van der Waals surface area contributed by atoms with Gasteiger partial charge < -0.3 is 20.5 Å². The van der Waals surface area contributed by atoms with Crippen molar-refractivity contribution in [2.75, 3.05) is 19.6 Å². The van der Waals surface area contributed by atoms with E-state index >= 15 is 0 Å². The van der Waals surface area contributed by atoms with Crippen molar-refractivity contribution < 1.29 is 9.35 Å². The Hall–Kier alpha value is -0.300. The molecule has 0 bridgehead atoms. The second-order valence-corrected chi connectivity index (χ2v) is 5.33. The predicted molar refractivity (Wildman–Crippen MR) is 64.4 cm³/mol. The first-order valence-corrected chi connectivity index (χ1v) is 6.68. The van der Waals surface area contributed by atoms with Gasteiger partial charge in [0.05, 0.1) is 6.04 Å². The number of hydrogen-bond acceptors (Lipinski definition) is 5. The van der Waals surface area contributed by atoms with Crippen molar-refractivity contribution in [1.29, 1.82) is 0 Å². The van der Waals surface area contributed by atoms with Crippen LogP contribution in [0, 0.1) is 0 Å². The van der Waals surface area contributed by atoms with E-state index in [1.807, 2.05) is 0 Å². The fourth-order valence-corrected chi connectivity index (χ4v) is 2.70. The smallest absolute Gasteiger partial charge is 0.237 e. The molecule has 0 spiro atoms. The maximum Gasteiger partial charge on any atom is 0.237 e. The molecule has 2 saturated heterocycles. The molecule has 2 heterocycles. The van der Waals surface area contributed by atoms with E-state index in [0.29, 0.717) is 12.6 Å². The summed E-state index contributed by atoms with van der Waals surface area (Å²) < 4.78 is 8.92. The molecule has 2 atom stereocenters. The van der Waals surface area contributed by atoms with Gasteiger partial charge in [-0.25, -0.2) is 0 Å². The average Bonchev–Trinajstić information content (AvgIpc) is 2.79. The van der Waals surface area contributed by atoms with Crippen LogP contribution in [0.2, 0.25) is 0 Å². The molecule has 0 saturated carbocycles. The predicted octanol–water partition coefficient (Wildman–Crippen LogP) is -0.209. The number of nitrogens with one attached hydrogen (secondary N) is 3. The maximum absolute atomic E-state index is 11.9. The van der Waals surface area contributed by atoms with Crippen LogP contribution in [0.3, 0.4) is 0 Å². The molecule has 2 aliphatic rings. The minimum Gasteiger partial charge on any atom is -0.352 e. The second-order valence-electron chi connectivity index (χ2n) is 4.46. The third kappa shape index (κ3) is 3.10. The Balaban J connectivity index is 1.75. The van der Waals surface area contributed by atoms with Crippen molar-refractivity contribution in [3.8, 4) is 0 Å². The van der Waals surface area contributed by atoms with Crippen molar-refractivity contribution in [2.45, 2.75) is 36.6 Å². The molecule has 2 aliphatic heterocycles. The first-order valence-electron chi connectivity index (χ1n) is 5.84. The van der Waals surface area contributed by atoms with Gasteiger partial charge in [0.1, 0.15) is 0 Å². The van der Waals surface area contributed by atoms with Gasteiger partial charge in [0.15, 0.2) is 0 Å². The van der Waals surface area contributed by atoms with Gasteiger partial charge in [0, 0.05) is 17.8 Å². The van der Waals surface area contributed by atoms with Crippen molar-refractivity contribution >= 4 is 17.9 Å². The van der Waals surface area contributed by atoms with Crippen LogP contribution in [-0.4, -0.2) is 47.4 Å². The highest BCUT2D eigenvalue weighted by Gasteiger charge is 2.30. The van der Waals surface area contributed by atoms with Crippen molar-refractivity contribution in [2.24, 2.45) is 0 Å². The van der Waals surface area contributed by atoms with Crippen LogP contribution in [0.25, 0.3) is 0 Å². The third-order valence-corrected chi connectivity index (χ3v) is 3.90. The van der Waals surface area contributed by atoms with Gasteiger partial charge in [-0.2, -0.15) is 0 Å². The van der Waals surface area contributed by atoms with Crippen LogP contribution in [-0.2, 0) is 4.79 Å². The summed E-state index contributed by atoms with van der Waals surface area (Å²) in [6.45, 7) is 2.68. The minimum atomic E-state index is -0.125. The lowest BCUT2D eigenvalue weighted by atomic mass is 10.1. The van der Waals surface area contributed by atoms with Gasteiger partial charge >= 0.3 is 0 Å². The van der Waals surface area contributed by atoms with E-state index in [9.17, 15) is 4.79 Å². The van der Waals surface area contributed by atoms with Gasteiger partial charge in [-0.3, -0.25) is 4.79 Å². The highest BCUT2D eigenvalue weighted by atomic mass is 32.2. The van der Waals surface area contributed by atoms with Crippen molar-refractivity contribution in [3.63, 3.8) is 0 Å². The molecule has 2 rings (SSSR count). The first kappa shape index (κ1) is 12.2. The van der Waals surface area contributed by atoms with Crippen LogP contribution in [0.4, 0.5) is 0 Å². The molecule has 1 amide bonds. The van der Waals surface area contributed by atoms with Crippen molar-refractivity contribution in [1.82, 2.24) is 16.0 Å². The standard InChI is InChI=1S/C10H19N3O2S/c14-10(9-5-8(16-15)6-12-9)13-7-1-3-11-4-2-7/h7-9,11-12,15H,1-6H2,(H,13,14). The molecule has 2 unspecified atom stereocenters. The van der Waals surface area contributed by atoms with E-state index in [0.717, 1.165) is 44.4 Å². The summed E-state index contributed by atoms with van der Waals surface area (Å²) in [5, 5.41) is 9.64. The Kier molecular flexibility index (Phi) is 4.45. The van der Waals surface area contributed by atoms with E-state index in [4.69, 9.17) is 4.55 Å². The molecule has 0 aromatic heterocycles. The molecule has 0 radical (unpaired) electrons. The molecular formula is C10H19N3O2S. The average molecular weight is 245 g/mol. The number of hydrogen-bond donors (Lipinski definition) is 4. The Morgan fingerprint density at radius 2 is 2.12 bits per heavy atom. The SMILES string of the molecule is O=C(NC1CCNCC1)C1CC(SO)CN1. The van der Waals surface area contributed by atoms with Crippen LogP contribution in [0.5, 0.6) is 0 Å². The zero-order chi connectivity index (χ0) is 11.4. The van der Waals surface area contributed by atoms with Crippen molar-refractivity contribution in [3.05, 3.63) is 0 Å². The van der Waals surface area contributed by atoms with E-state index in [-0.39, 0.29) is 17.2 Å². The summed E-state index contributed by atoms with van der Waals surface area (Å²) >= 11 is 0.847. The molecule has 0 aromatic carbocycles. The van der Waals surface area contributed by atoms with Crippen LogP contribution in [0.15, 0.2) is 0 Å². The molecule has 0 aromatic rings. The van der Waals surface area contributed by atoms with E-state index in [1.54, 1.807) is 0 Å². The summed E-state index contributed by atoms with van der Waals surface area (Å²) in [4.78, 5) is 11.9. The fraction of sp³-hybridized carbons (Fsp3) is 0.900. The number of carbonyl (C=O) groups is 1. The summed E-state index contributed by atoms with van der Waals surface area (Å²) in [6.07, 6.45) is 2.74. The monoisotopic (exact) mass is 245 g/mol. The molecule has 6 heteroatoms. The summed E-state index contributed by atoms with van der Waals surface area (Å²) in [6, 6.07) is 0.191. The number of carbonyl (C=O) groups excluding carboxylic acids is 1. The van der Waals surface area contributed by atoms with Gasteiger partial charge in [0.25, 0.3) is 0 Å². The van der Waals surface area contributed by atoms with Gasteiger partial charge in [0.2, 0.25) is 5.91 Å². The summed E-state index contributed by atoms with van der Waals surface area (Å²) in [5.74, 6) is 0.0865. The normalized spacial score (nSPS) is 31.6. The van der Waals surface area contributed by atoms with Crippen LogP contribution in [0.1, 0.15) is 19.3 Å². The zero-order valence-electron chi connectivity index (χ0n) is 9.24. The largest absolute Gasteiger partial charge is 0.352 e. The van der Waals surface area contributed by atoms with Gasteiger partial charge in [-0.1, -0.05) is 0 Å². The number of rotatable bonds is 3.